The van der Waals surface area contributed by atoms with E-state index in [-0.39, 0.29) is 0 Å². The summed E-state index contributed by atoms with van der Waals surface area (Å²) in [5.41, 5.74) is 6.56. The van der Waals surface area contributed by atoms with Gasteiger partial charge in [0.25, 0.3) is 0 Å². The number of furan rings is 1. The third kappa shape index (κ3) is 3.08. The van der Waals surface area contributed by atoms with Gasteiger partial charge in [0, 0.05) is 12.6 Å². The number of nitrogens with two attached hydrogens (primary N) is 1. The molecule has 2 heterocycles. The summed E-state index contributed by atoms with van der Waals surface area (Å²) < 4.78 is 5.41. The predicted molar refractivity (Wildman–Crippen MR) is 74.6 cm³/mol. The highest BCUT2D eigenvalue weighted by molar-refractivity contribution is 6.31. The van der Waals surface area contributed by atoms with Gasteiger partial charge in [-0.3, -0.25) is 4.90 Å². The molecule has 1 fully saturated rings. The molecule has 0 spiro atoms. The highest BCUT2D eigenvalue weighted by Crippen LogP contribution is 2.30. The summed E-state index contributed by atoms with van der Waals surface area (Å²) in [5.74, 6) is 1.47. The lowest BCUT2D eigenvalue weighted by Crippen LogP contribution is -2.25. The van der Waals surface area contributed by atoms with Crippen molar-refractivity contribution in [3.63, 3.8) is 0 Å². The number of aromatic nitrogens is 1. The molecule has 2 N–H and O–H groups in total. The van der Waals surface area contributed by atoms with Gasteiger partial charge in [0.15, 0.2) is 0 Å². The van der Waals surface area contributed by atoms with Crippen LogP contribution in [0.15, 0.2) is 34.9 Å². The maximum Gasteiger partial charge on any atom is 0.123 e. The van der Waals surface area contributed by atoms with Crippen LogP contribution < -0.4 is 5.73 Å². The van der Waals surface area contributed by atoms with Crippen LogP contribution in [0.2, 0.25) is 5.02 Å². The molecule has 0 aliphatic heterocycles. The number of halogens is 1. The Morgan fingerprint density at radius 2 is 2.16 bits per heavy atom. The van der Waals surface area contributed by atoms with Gasteiger partial charge >= 0.3 is 0 Å². The molecular formula is C14H16ClN3O. The van der Waals surface area contributed by atoms with E-state index < -0.39 is 0 Å². The molecule has 2 aromatic rings. The van der Waals surface area contributed by atoms with Gasteiger partial charge in [-0.05, 0) is 37.1 Å². The van der Waals surface area contributed by atoms with E-state index in [4.69, 9.17) is 21.8 Å². The Hall–Kier alpha value is -1.52. The van der Waals surface area contributed by atoms with Crippen LogP contribution in [0.3, 0.4) is 0 Å². The first-order valence-electron chi connectivity index (χ1n) is 6.39. The lowest BCUT2D eigenvalue weighted by molar-refractivity contribution is 0.223. The van der Waals surface area contributed by atoms with E-state index in [1.807, 2.05) is 12.1 Å². The van der Waals surface area contributed by atoms with Crippen molar-refractivity contribution in [2.24, 2.45) is 0 Å². The van der Waals surface area contributed by atoms with Crippen molar-refractivity contribution >= 4 is 17.4 Å². The van der Waals surface area contributed by atoms with Crippen LogP contribution in [0, 0.1) is 0 Å². The monoisotopic (exact) mass is 277 g/mol. The maximum absolute atomic E-state index is 6.18. The van der Waals surface area contributed by atoms with Crippen molar-refractivity contribution in [1.82, 2.24) is 9.88 Å². The van der Waals surface area contributed by atoms with Crippen LogP contribution in [-0.4, -0.2) is 15.9 Å². The zero-order chi connectivity index (χ0) is 13.2. The second kappa shape index (κ2) is 5.23. The van der Waals surface area contributed by atoms with Crippen molar-refractivity contribution in [3.8, 4) is 0 Å². The third-order valence-corrected chi connectivity index (χ3v) is 3.64. The number of nitrogen functional groups attached to an aromatic ring is 1. The molecule has 0 atom stereocenters. The zero-order valence-corrected chi connectivity index (χ0v) is 11.3. The quantitative estimate of drug-likeness (QED) is 0.912. The molecule has 0 aromatic carbocycles. The van der Waals surface area contributed by atoms with E-state index in [2.05, 4.69) is 9.88 Å². The SMILES string of the molecule is Nc1ccc(Cl)c(CN(Cc2ccco2)C2CC2)n1. The average molecular weight is 278 g/mol. The second-order valence-electron chi connectivity index (χ2n) is 4.88. The molecule has 0 unspecified atom stereocenters. The summed E-state index contributed by atoms with van der Waals surface area (Å²) in [7, 11) is 0. The largest absolute Gasteiger partial charge is 0.468 e. The molecule has 4 nitrogen and oxygen atoms in total. The van der Waals surface area contributed by atoms with E-state index >= 15 is 0 Å². The summed E-state index contributed by atoms with van der Waals surface area (Å²) >= 11 is 6.18. The molecule has 2 aromatic heterocycles. The summed E-state index contributed by atoms with van der Waals surface area (Å²) in [6, 6.07) is 8.02. The number of hydrogen-bond acceptors (Lipinski definition) is 4. The topological polar surface area (TPSA) is 55.3 Å². The van der Waals surface area contributed by atoms with Crippen LogP contribution in [0.5, 0.6) is 0 Å². The number of hydrogen-bond donors (Lipinski definition) is 1. The van der Waals surface area contributed by atoms with Crippen molar-refractivity contribution < 1.29 is 4.42 Å². The highest BCUT2D eigenvalue weighted by atomic mass is 35.5. The van der Waals surface area contributed by atoms with E-state index in [0.29, 0.717) is 23.4 Å². The Balaban J connectivity index is 1.76. The fraction of sp³-hybridized carbons (Fsp3) is 0.357. The second-order valence-corrected chi connectivity index (χ2v) is 5.29. The first kappa shape index (κ1) is 12.5. The van der Waals surface area contributed by atoms with Gasteiger partial charge in [-0.15, -0.1) is 0 Å². The molecule has 0 amide bonds. The standard InChI is InChI=1S/C14H16ClN3O/c15-12-5-6-14(16)17-13(12)9-18(10-3-4-10)8-11-2-1-7-19-11/h1-2,5-7,10H,3-4,8-9H2,(H2,16,17). The van der Waals surface area contributed by atoms with Gasteiger partial charge < -0.3 is 10.2 Å². The van der Waals surface area contributed by atoms with Crippen molar-refractivity contribution in [1.29, 1.82) is 0 Å². The Bertz CT molecular complexity index is 552. The molecule has 1 aliphatic rings. The van der Waals surface area contributed by atoms with Gasteiger partial charge in [0.1, 0.15) is 11.6 Å². The Morgan fingerprint density at radius 1 is 1.32 bits per heavy atom. The van der Waals surface area contributed by atoms with Gasteiger partial charge in [0.05, 0.1) is 23.5 Å². The molecule has 1 aliphatic carbocycles. The number of pyridine rings is 1. The average Bonchev–Trinajstić information content (AvgIpc) is 3.12. The fourth-order valence-electron chi connectivity index (χ4n) is 2.16. The molecule has 1 saturated carbocycles. The van der Waals surface area contributed by atoms with Gasteiger partial charge in [-0.2, -0.15) is 0 Å². The maximum atomic E-state index is 6.18. The lowest BCUT2D eigenvalue weighted by atomic mass is 10.3. The first-order valence-corrected chi connectivity index (χ1v) is 6.77. The number of rotatable bonds is 5. The predicted octanol–water partition coefficient (Wildman–Crippen LogP) is 3.07. The van der Waals surface area contributed by atoms with Crippen LogP contribution in [0.1, 0.15) is 24.3 Å². The zero-order valence-electron chi connectivity index (χ0n) is 10.6. The van der Waals surface area contributed by atoms with Crippen molar-refractivity contribution in [3.05, 3.63) is 47.0 Å². The number of anilines is 1. The highest BCUT2D eigenvalue weighted by Gasteiger charge is 2.30. The summed E-state index contributed by atoms with van der Waals surface area (Å²) in [4.78, 5) is 6.67. The minimum atomic E-state index is 0.508. The molecule has 19 heavy (non-hydrogen) atoms. The first-order chi connectivity index (χ1) is 9.22. The summed E-state index contributed by atoms with van der Waals surface area (Å²) in [5, 5.41) is 0.666. The minimum Gasteiger partial charge on any atom is -0.468 e. The van der Waals surface area contributed by atoms with E-state index in [9.17, 15) is 0 Å². The normalized spacial score (nSPS) is 15.1. The van der Waals surface area contributed by atoms with Crippen molar-refractivity contribution in [2.45, 2.75) is 32.0 Å². The van der Waals surface area contributed by atoms with E-state index in [0.717, 1.165) is 18.0 Å². The van der Waals surface area contributed by atoms with Crippen molar-refractivity contribution in [2.75, 3.05) is 5.73 Å². The van der Waals surface area contributed by atoms with Gasteiger partial charge in [-0.25, -0.2) is 4.98 Å². The Labute approximate surface area is 117 Å². The minimum absolute atomic E-state index is 0.508. The third-order valence-electron chi connectivity index (χ3n) is 3.30. The molecule has 3 rings (SSSR count). The lowest BCUT2D eigenvalue weighted by Gasteiger charge is -2.20. The summed E-state index contributed by atoms with van der Waals surface area (Å²) in [6.45, 7) is 1.49. The molecule has 0 saturated heterocycles. The van der Waals surface area contributed by atoms with Crippen LogP contribution >= 0.6 is 11.6 Å². The van der Waals surface area contributed by atoms with Crippen LogP contribution in [0.25, 0.3) is 0 Å². The van der Waals surface area contributed by atoms with E-state index in [1.165, 1.54) is 12.8 Å². The molecule has 0 bridgehead atoms. The van der Waals surface area contributed by atoms with Gasteiger partial charge in [0.2, 0.25) is 0 Å². The smallest absolute Gasteiger partial charge is 0.123 e. The summed E-state index contributed by atoms with van der Waals surface area (Å²) in [6.07, 6.45) is 4.15. The van der Waals surface area contributed by atoms with Gasteiger partial charge in [-0.1, -0.05) is 11.6 Å². The molecule has 0 radical (unpaired) electrons. The Morgan fingerprint density at radius 3 is 2.84 bits per heavy atom. The molecule has 5 heteroatoms. The number of nitrogens with zero attached hydrogens (tertiary/aromatic N) is 2. The molecular weight excluding hydrogens is 262 g/mol. The molecule has 100 valence electrons. The fourth-order valence-corrected chi connectivity index (χ4v) is 2.33. The van der Waals surface area contributed by atoms with Crippen LogP contribution in [-0.2, 0) is 13.1 Å². The van der Waals surface area contributed by atoms with E-state index in [1.54, 1.807) is 18.4 Å². The Kier molecular flexibility index (Phi) is 3.44. The van der Waals surface area contributed by atoms with Crippen LogP contribution in [0.4, 0.5) is 5.82 Å².